The fourth-order valence-corrected chi connectivity index (χ4v) is 3.80. The second kappa shape index (κ2) is 8.13. The normalized spacial score (nSPS) is 22.5. The van der Waals surface area contributed by atoms with Gasteiger partial charge in [0.15, 0.2) is 0 Å². The van der Waals surface area contributed by atoms with Crippen molar-refractivity contribution < 1.29 is 4.79 Å². The molecule has 1 atom stereocenters. The number of rotatable bonds is 4. The highest BCUT2D eigenvalue weighted by molar-refractivity contribution is 5.81. The largest absolute Gasteiger partial charge is 0.341 e. The first kappa shape index (κ1) is 17.4. The molecule has 0 radical (unpaired) electrons. The average molecular weight is 329 g/mol. The number of amides is 1. The SMILES string of the molecule is CC1CCN(C(=O)C(C)N2CCN(Cc3ccccc3)CC2)CC1. The first-order chi connectivity index (χ1) is 11.6. The summed E-state index contributed by atoms with van der Waals surface area (Å²) in [5.74, 6) is 1.10. The van der Waals surface area contributed by atoms with E-state index in [2.05, 4.69) is 58.9 Å². The van der Waals surface area contributed by atoms with Crippen molar-refractivity contribution >= 4 is 5.91 Å². The van der Waals surface area contributed by atoms with Crippen LogP contribution in [0, 0.1) is 5.92 Å². The summed E-state index contributed by atoms with van der Waals surface area (Å²) < 4.78 is 0. The lowest BCUT2D eigenvalue weighted by Gasteiger charge is -2.40. The van der Waals surface area contributed by atoms with E-state index < -0.39 is 0 Å². The molecule has 2 heterocycles. The lowest BCUT2D eigenvalue weighted by molar-refractivity contribution is -0.138. The molecule has 0 N–H and O–H groups in total. The Bertz CT molecular complexity index is 517. The Hall–Kier alpha value is -1.39. The predicted octanol–water partition coefficient (Wildman–Crippen LogP) is 2.45. The molecule has 4 nitrogen and oxygen atoms in total. The number of piperazine rings is 1. The second-order valence-electron chi connectivity index (χ2n) is 7.48. The van der Waals surface area contributed by atoms with Crippen molar-refractivity contribution in [1.29, 1.82) is 0 Å². The summed E-state index contributed by atoms with van der Waals surface area (Å²) in [6.45, 7) is 11.4. The number of hydrogen-bond acceptors (Lipinski definition) is 3. The van der Waals surface area contributed by atoms with Crippen LogP contribution in [0.3, 0.4) is 0 Å². The van der Waals surface area contributed by atoms with E-state index in [1.807, 2.05) is 0 Å². The summed E-state index contributed by atoms with van der Waals surface area (Å²) in [7, 11) is 0. The van der Waals surface area contributed by atoms with Crippen LogP contribution in [0.5, 0.6) is 0 Å². The summed E-state index contributed by atoms with van der Waals surface area (Å²) in [6.07, 6.45) is 2.31. The van der Waals surface area contributed by atoms with Gasteiger partial charge in [-0.3, -0.25) is 14.6 Å². The molecule has 2 aliphatic rings. The number of nitrogens with zero attached hydrogens (tertiary/aromatic N) is 3. The molecule has 24 heavy (non-hydrogen) atoms. The van der Waals surface area contributed by atoms with Crippen LogP contribution in [0.2, 0.25) is 0 Å². The number of carbonyl (C=O) groups excluding carboxylic acids is 1. The van der Waals surface area contributed by atoms with Crippen LogP contribution in [-0.4, -0.2) is 65.9 Å². The van der Waals surface area contributed by atoms with Gasteiger partial charge < -0.3 is 4.90 Å². The molecule has 1 amide bonds. The smallest absolute Gasteiger partial charge is 0.239 e. The van der Waals surface area contributed by atoms with E-state index in [-0.39, 0.29) is 6.04 Å². The van der Waals surface area contributed by atoms with Gasteiger partial charge in [-0.15, -0.1) is 0 Å². The number of piperidine rings is 1. The van der Waals surface area contributed by atoms with Gasteiger partial charge in [0.1, 0.15) is 0 Å². The van der Waals surface area contributed by atoms with Crippen molar-refractivity contribution in [1.82, 2.24) is 14.7 Å². The maximum Gasteiger partial charge on any atom is 0.239 e. The van der Waals surface area contributed by atoms with Gasteiger partial charge in [0.05, 0.1) is 6.04 Å². The predicted molar refractivity (Wildman–Crippen MR) is 97.7 cm³/mol. The Kier molecular flexibility index (Phi) is 5.90. The first-order valence-corrected chi connectivity index (χ1v) is 9.42. The van der Waals surface area contributed by atoms with Gasteiger partial charge in [0, 0.05) is 45.8 Å². The molecule has 0 aromatic heterocycles. The first-order valence-electron chi connectivity index (χ1n) is 9.42. The zero-order valence-corrected chi connectivity index (χ0v) is 15.2. The third-order valence-corrected chi connectivity index (χ3v) is 5.66. The quantitative estimate of drug-likeness (QED) is 0.849. The molecule has 2 fully saturated rings. The third-order valence-electron chi connectivity index (χ3n) is 5.66. The van der Waals surface area contributed by atoms with E-state index in [9.17, 15) is 4.79 Å². The van der Waals surface area contributed by atoms with E-state index in [0.29, 0.717) is 5.91 Å². The van der Waals surface area contributed by atoms with Crippen LogP contribution >= 0.6 is 0 Å². The summed E-state index contributed by atoms with van der Waals surface area (Å²) >= 11 is 0. The molecule has 0 aliphatic carbocycles. The molecule has 0 bridgehead atoms. The highest BCUT2D eigenvalue weighted by atomic mass is 16.2. The van der Waals surface area contributed by atoms with Crippen LogP contribution < -0.4 is 0 Å². The highest BCUT2D eigenvalue weighted by Crippen LogP contribution is 2.18. The Morgan fingerprint density at radius 1 is 1.04 bits per heavy atom. The van der Waals surface area contributed by atoms with Crippen molar-refractivity contribution in [3.63, 3.8) is 0 Å². The molecule has 2 saturated heterocycles. The van der Waals surface area contributed by atoms with Crippen LogP contribution in [0.15, 0.2) is 30.3 Å². The van der Waals surface area contributed by atoms with E-state index in [4.69, 9.17) is 0 Å². The Morgan fingerprint density at radius 3 is 2.29 bits per heavy atom. The number of carbonyl (C=O) groups is 1. The van der Waals surface area contributed by atoms with Crippen molar-refractivity contribution in [3.8, 4) is 0 Å². The monoisotopic (exact) mass is 329 g/mol. The van der Waals surface area contributed by atoms with Gasteiger partial charge in [0.2, 0.25) is 5.91 Å². The molecular weight excluding hydrogens is 298 g/mol. The van der Waals surface area contributed by atoms with Crippen LogP contribution in [0.1, 0.15) is 32.3 Å². The maximum atomic E-state index is 12.7. The van der Waals surface area contributed by atoms with Crippen molar-refractivity contribution in [2.24, 2.45) is 5.92 Å². The summed E-state index contributed by atoms with van der Waals surface area (Å²) in [6, 6.07) is 10.7. The van der Waals surface area contributed by atoms with E-state index >= 15 is 0 Å². The molecule has 4 heteroatoms. The summed E-state index contributed by atoms with van der Waals surface area (Å²) in [5.41, 5.74) is 1.37. The number of likely N-dealkylation sites (tertiary alicyclic amines) is 1. The van der Waals surface area contributed by atoms with Crippen molar-refractivity contribution in [2.45, 2.75) is 39.3 Å². The van der Waals surface area contributed by atoms with Gasteiger partial charge in [-0.05, 0) is 31.2 Å². The van der Waals surface area contributed by atoms with Crippen molar-refractivity contribution in [3.05, 3.63) is 35.9 Å². The fraction of sp³-hybridized carbons (Fsp3) is 0.650. The fourth-order valence-electron chi connectivity index (χ4n) is 3.80. The van der Waals surface area contributed by atoms with Gasteiger partial charge in [0.25, 0.3) is 0 Å². The lowest BCUT2D eigenvalue weighted by atomic mass is 9.98. The highest BCUT2D eigenvalue weighted by Gasteiger charge is 2.30. The summed E-state index contributed by atoms with van der Waals surface area (Å²) in [4.78, 5) is 19.7. The Labute approximate surface area is 146 Å². The van der Waals surface area contributed by atoms with Gasteiger partial charge in [-0.2, -0.15) is 0 Å². The molecule has 0 saturated carbocycles. The zero-order chi connectivity index (χ0) is 16.9. The molecular formula is C20H31N3O. The zero-order valence-electron chi connectivity index (χ0n) is 15.2. The molecule has 0 spiro atoms. The molecule has 1 aromatic rings. The lowest BCUT2D eigenvalue weighted by Crippen LogP contribution is -2.55. The minimum atomic E-state index is 0.0253. The van der Waals surface area contributed by atoms with Gasteiger partial charge in [-0.25, -0.2) is 0 Å². The maximum absolute atomic E-state index is 12.7. The molecule has 3 rings (SSSR count). The molecule has 1 unspecified atom stereocenters. The minimum Gasteiger partial charge on any atom is -0.341 e. The molecule has 2 aliphatic heterocycles. The van der Waals surface area contributed by atoms with Crippen molar-refractivity contribution in [2.75, 3.05) is 39.3 Å². The minimum absolute atomic E-state index is 0.0253. The van der Waals surface area contributed by atoms with E-state index in [0.717, 1.165) is 64.6 Å². The average Bonchev–Trinajstić information content (AvgIpc) is 2.63. The van der Waals surface area contributed by atoms with Gasteiger partial charge >= 0.3 is 0 Å². The van der Waals surface area contributed by atoms with E-state index in [1.165, 1.54) is 5.56 Å². The van der Waals surface area contributed by atoms with Crippen LogP contribution in [-0.2, 0) is 11.3 Å². The van der Waals surface area contributed by atoms with Crippen LogP contribution in [0.4, 0.5) is 0 Å². The van der Waals surface area contributed by atoms with Crippen LogP contribution in [0.25, 0.3) is 0 Å². The number of benzene rings is 1. The number of hydrogen-bond donors (Lipinski definition) is 0. The van der Waals surface area contributed by atoms with E-state index in [1.54, 1.807) is 0 Å². The second-order valence-corrected chi connectivity index (χ2v) is 7.48. The topological polar surface area (TPSA) is 26.8 Å². The van der Waals surface area contributed by atoms with Gasteiger partial charge in [-0.1, -0.05) is 37.3 Å². The standard InChI is InChI=1S/C20H31N3O/c1-17-8-10-23(11-9-17)20(24)18(2)22-14-12-21(13-15-22)16-19-6-4-3-5-7-19/h3-7,17-18H,8-16H2,1-2H3. The Balaban J connectivity index is 1.46. The third kappa shape index (κ3) is 4.37. The molecule has 1 aromatic carbocycles. The molecule has 132 valence electrons. The summed E-state index contributed by atoms with van der Waals surface area (Å²) in [5, 5.41) is 0. The Morgan fingerprint density at radius 2 is 1.67 bits per heavy atom.